The largest absolute Gasteiger partial charge is 0.491 e. The van der Waals surface area contributed by atoms with Crippen LogP contribution in [0.4, 0.5) is 0 Å². The van der Waals surface area contributed by atoms with Crippen molar-refractivity contribution in [3.63, 3.8) is 0 Å². The molecule has 6 heteroatoms. The van der Waals surface area contributed by atoms with Crippen LogP contribution >= 0.6 is 0 Å². The third-order valence-corrected chi connectivity index (χ3v) is 3.62. The Kier molecular flexibility index (Phi) is 6.22. The van der Waals surface area contributed by atoms with Crippen molar-refractivity contribution in [3.05, 3.63) is 53.5 Å². The minimum atomic E-state index is -0.332. The minimum Gasteiger partial charge on any atom is -0.491 e. The summed E-state index contributed by atoms with van der Waals surface area (Å²) < 4.78 is 10.7. The Bertz CT molecular complexity index is 737. The van der Waals surface area contributed by atoms with E-state index in [-0.39, 0.29) is 30.5 Å². The zero-order valence-corrected chi connectivity index (χ0v) is 15.0. The van der Waals surface area contributed by atoms with Gasteiger partial charge in [0.05, 0.1) is 30.5 Å². The summed E-state index contributed by atoms with van der Waals surface area (Å²) >= 11 is 0. The Morgan fingerprint density at radius 1 is 1.20 bits per heavy atom. The molecule has 134 valence electrons. The fourth-order valence-corrected chi connectivity index (χ4v) is 2.38. The van der Waals surface area contributed by atoms with Crippen molar-refractivity contribution in [2.45, 2.75) is 39.8 Å². The van der Waals surface area contributed by atoms with Crippen LogP contribution in [0.25, 0.3) is 0 Å². The topological polar surface area (TPSA) is 80.6 Å². The maximum Gasteiger partial charge on any atom is 0.255 e. The number of aryl methyl sites for hydroxylation is 1. The van der Waals surface area contributed by atoms with E-state index >= 15 is 0 Å². The maximum atomic E-state index is 12.1. The number of nitrogens with one attached hydrogen (secondary N) is 2. The number of carbonyl (C=O) groups excluding carboxylic acids is 2. The number of rotatable bonds is 7. The summed E-state index contributed by atoms with van der Waals surface area (Å²) in [6.45, 7) is 7.40. The summed E-state index contributed by atoms with van der Waals surface area (Å²) in [7, 11) is 0. The lowest BCUT2D eigenvalue weighted by Crippen LogP contribution is -2.38. The molecule has 1 aromatic carbocycles. The summed E-state index contributed by atoms with van der Waals surface area (Å²) in [5, 5.41) is 5.44. The van der Waals surface area contributed by atoms with Gasteiger partial charge in [0.1, 0.15) is 11.5 Å². The molecule has 0 bridgehead atoms. The van der Waals surface area contributed by atoms with Gasteiger partial charge in [0.25, 0.3) is 5.91 Å². The van der Waals surface area contributed by atoms with Crippen LogP contribution in [0.1, 0.15) is 48.5 Å². The van der Waals surface area contributed by atoms with Gasteiger partial charge in [-0.25, -0.2) is 0 Å². The molecular formula is C19H24N2O4. The Hall–Kier alpha value is -2.76. The second kappa shape index (κ2) is 8.37. The van der Waals surface area contributed by atoms with E-state index in [9.17, 15) is 9.59 Å². The summed E-state index contributed by atoms with van der Waals surface area (Å²) in [5.74, 6) is 0.684. The fraction of sp³-hybridized carbons (Fsp3) is 0.368. The van der Waals surface area contributed by atoms with Crippen molar-refractivity contribution in [1.29, 1.82) is 0 Å². The van der Waals surface area contributed by atoms with Crippen molar-refractivity contribution in [1.82, 2.24) is 10.6 Å². The minimum absolute atomic E-state index is 0.0849. The first-order valence-electron chi connectivity index (χ1n) is 8.25. The van der Waals surface area contributed by atoms with E-state index in [2.05, 4.69) is 10.6 Å². The number of furan rings is 1. The monoisotopic (exact) mass is 344 g/mol. The maximum absolute atomic E-state index is 12.1. The number of benzene rings is 1. The number of hydrogen-bond acceptors (Lipinski definition) is 4. The van der Waals surface area contributed by atoms with Gasteiger partial charge in [-0.15, -0.1) is 0 Å². The summed E-state index contributed by atoms with van der Waals surface area (Å²) in [5.41, 5.74) is 1.36. The van der Waals surface area contributed by atoms with Crippen LogP contribution in [0.3, 0.4) is 0 Å². The fourth-order valence-electron chi connectivity index (χ4n) is 2.38. The van der Waals surface area contributed by atoms with Crippen molar-refractivity contribution >= 4 is 11.8 Å². The number of hydrogen-bond donors (Lipinski definition) is 2. The highest BCUT2D eigenvalue weighted by Crippen LogP contribution is 2.20. The first-order valence-corrected chi connectivity index (χ1v) is 8.25. The first-order chi connectivity index (χ1) is 11.9. The van der Waals surface area contributed by atoms with Crippen molar-refractivity contribution in [3.8, 4) is 5.75 Å². The molecule has 2 rings (SSSR count). The molecule has 0 aliphatic carbocycles. The highest BCUT2D eigenvalue weighted by Gasteiger charge is 2.14. The third kappa shape index (κ3) is 5.38. The van der Waals surface area contributed by atoms with E-state index in [0.717, 1.165) is 11.3 Å². The molecule has 0 saturated heterocycles. The predicted octanol–water partition coefficient (Wildman–Crippen LogP) is 2.98. The van der Waals surface area contributed by atoms with E-state index in [1.165, 1.54) is 6.26 Å². The van der Waals surface area contributed by atoms with E-state index in [0.29, 0.717) is 11.3 Å². The number of ether oxygens (including phenoxy) is 1. The SMILES string of the molecule is Cc1occc1C(=O)NCC(=O)N[C@@H](C)c1cccc(OC(C)C)c1. The molecule has 0 aliphatic heterocycles. The normalized spacial score (nSPS) is 11.9. The quantitative estimate of drug-likeness (QED) is 0.809. The molecule has 2 N–H and O–H groups in total. The molecule has 1 atom stereocenters. The summed E-state index contributed by atoms with van der Waals surface area (Å²) in [4.78, 5) is 24.0. The molecule has 0 fully saturated rings. The lowest BCUT2D eigenvalue weighted by molar-refractivity contribution is -0.120. The molecule has 6 nitrogen and oxygen atoms in total. The molecular weight excluding hydrogens is 320 g/mol. The zero-order valence-electron chi connectivity index (χ0n) is 15.0. The van der Waals surface area contributed by atoms with E-state index in [1.54, 1.807) is 13.0 Å². The van der Waals surface area contributed by atoms with Gasteiger partial charge in [0.15, 0.2) is 0 Å². The van der Waals surface area contributed by atoms with Gasteiger partial charge in [-0.05, 0) is 51.5 Å². The molecule has 0 radical (unpaired) electrons. The molecule has 0 saturated carbocycles. The van der Waals surface area contributed by atoms with Gasteiger partial charge in [0, 0.05) is 0 Å². The Balaban J connectivity index is 1.87. The summed E-state index contributed by atoms with van der Waals surface area (Å²) in [6, 6.07) is 8.97. The van der Waals surface area contributed by atoms with Gasteiger partial charge >= 0.3 is 0 Å². The highest BCUT2D eigenvalue weighted by atomic mass is 16.5. The standard InChI is InChI=1S/C19H24N2O4/c1-12(2)25-16-7-5-6-15(10-16)13(3)21-18(22)11-20-19(23)17-8-9-24-14(17)4/h5-10,12-13H,11H2,1-4H3,(H,20,23)(H,21,22)/t13-/m0/s1. The molecule has 0 unspecified atom stereocenters. The molecule has 0 aliphatic rings. The van der Waals surface area contributed by atoms with Gasteiger partial charge < -0.3 is 19.8 Å². The Labute approximate surface area is 147 Å². The van der Waals surface area contributed by atoms with Crippen LogP contribution in [-0.2, 0) is 4.79 Å². The van der Waals surface area contributed by atoms with Crippen LogP contribution in [0, 0.1) is 6.92 Å². The van der Waals surface area contributed by atoms with Gasteiger partial charge in [-0.2, -0.15) is 0 Å². The molecule has 25 heavy (non-hydrogen) atoms. The van der Waals surface area contributed by atoms with Gasteiger partial charge in [0.2, 0.25) is 5.91 Å². The van der Waals surface area contributed by atoms with Gasteiger partial charge in [-0.3, -0.25) is 9.59 Å². The predicted molar refractivity (Wildman–Crippen MR) is 94.5 cm³/mol. The Morgan fingerprint density at radius 3 is 2.60 bits per heavy atom. The van der Waals surface area contributed by atoms with Crippen LogP contribution < -0.4 is 15.4 Å². The average molecular weight is 344 g/mol. The Morgan fingerprint density at radius 2 is 1.96 bits per heavy atom. The summed E-state index contributed by atoms with van der Waals surface area (Å²) in [6.07, 6.45) is 1.53. The molecule has 0 spiro atoms. The van der Waals surface area contributed by atoms with E-state index < -0.39 is 0 Å². The molecule has 2 aromatic rings. The van der Waals surface area contributed by atoms with E-state index in [4.69, 9.17) is 9.15 Å². The highest BCUT2D eigenvalue weighted by molar-refractivity contribution is 5.97. The first kappa shape index (κ1) is 18.6. The smallest absolute Gasteiger partial charge is 0.255 e. The van der Waals surface area contributed by atoms with Crippen LogP contribution in [0.5, 0.6) is 5.75 Å². The van der Waals surface area contributed by atoms with Crippen LogP contribution in [0.15, 0.2) is 41.0 Å². The second-order valence-electron chi connectivity index (χ2n) is 6.10. The lowest BCUT2D eigenvalue weighted by Gasteiger charge is -2.17. The average Bonchev–Trinajstić information content (AvgIpc) is 2.98. The van der Waals surface area contributed by atoms with Gasteiger partial charge in [-0.1, -0.05) is 12.1 Å². The third-order valence-electron chi connectivity index (χ3n) is 3.62. The van der Waals surface area contributed by atoms with Crippen molar-refractivity contribution in [2.24, 2.45) is 0 Å². The molecule has 1 heterocycles. The molecule has 1 aromatic heterocycles. The number of amides is 2. The van der Waals surface area contributed by atoms with Crippen molar-refractivity contribution in [2.75, 3.05) is 6.54 Å². The van der Waals surface area contributed by atoms with Crippen LogP contribution in [-0.4, -0.2) is 24.5 Å². The zero-order chi connectivity index (χ0) is 18.4. The van der Waals surface area contributed by atoms with Crippen LogP contribution in [0.2, 0.25) is 0 Å². The van der Waals surface area contributed by atoms with Crippen molar-refractivity contribution < 1.29 is 18.7 Å². The second-order valence-corrected chi connectivity index (χ2v) is 6.10. The lowest BCUT2D eigenvalue weighted by atomic mass is 10.1. The number of carbonyl (C=O) groups is 2. The molecule has 2 amide bonds. The van der Waals surface area contributed by atoms with E-state index in [1.807, 2.05) is 45.0 Å².